The lowest BCUT2D eigenvalue weighted by molar-refractivity contribution is -0.134. The Morgan fingerprint density at radius 1 is 1.36 bits per heavy atom. The van der Waals surface area contributed by atoms with E-state index >= 15 is 0 Å². The summed E-state index contributed by atoms with van der Waals surface area (Å²) in [6, 6.07) is -1.04. The third-order valence-corrected chi connectivity index (χ3v) is 3.96. The summed E-state index contributed by atoms with van der Waals surface area (Å²) in [5.41, 5.74) is 10.9. The molecule has 0 bridgehead atoms. The van der Waals surface area contributed by atoms with Crippen molar-refractivity contribution in [2.75, 3.05) is 33.4 Å². The lowest BCUT2D eigenvalue weighted by Crippen LogP contribution is -2.47. The Balaban J connectivity index is 0.00000441. The molecule has 22 heavy (non-hydrogen) atoms. The van der Waals surface area contributed by atoms with Gasteiger partial charge in [0, 0.05) is 33.4 Å². The number of methoxy groups -OCH3 is 1. The van der Waals surface area contributed by atoms with Crippen LogP contribution in [0.25, 0.3) is 0 Å². The predicted octanol–water partition coefficient (Wildman–Crippen LogP) is 0.459. The monoisotopic (exact) mass is 336 g/mol. The van der Waals surface area contributed by atoms with Crippen molar-refractivity contribution in [3.8, 4) is 0 Å². The maximum Gasteiger partial charge on any atom is 0.312 e. The van der Waals surface area contributed by atoms with Crippen LogP contribution in [0.4, 0.5) is 4.79 Å². The summed E-state index contributed by atoms with van der Waals surface area (Å²) in [5.74, 6) is 0.657. The normalized spacial score (nSPS) is 16.7. The van der Waals surface area contributed by atoms with Crippen LogP contribution in [0.5, 0.6) is 0 Å². The quantitative estimate of drug-likeness (QED) is 0.559. The number of piperidine rings is 1. The highest BCUT2D eigenvalue weighted by molar-refractivity contribution is 5.85. The second-order valence-corrected chi connectivity index (χ2v) is 5.59. The van der Waals surface area contributed by atoms with E-state index < -0.39 is 12.1 Å². The molecular weight excluding hydrogens is 308 g/mol. The number of urea groups is 1. The topological polar surface area (TPSA) is 111 Å². The molecule has 0 saturated carbocycles. The molecule has 0 aromatic carbocycles. The number of carbonyl (C=O) groups excluding carboxylic acids is 2. The van der Waals surface area contributed by atoms with Crippen molar-refractivity contribution in [2.24, 2.45) is 17.4 Å². The average molecular weight is 337 g/mol. The molecule has 1 aliphatic heterocycles. The highest BCUT2D eigenvalue weighted by Gasteiger charge is 2.25. The molecule has 0 unspecified atom stereocenters. The number of rotatable bonds is 8. The maximum atomic E-state index is 12.2. The van der Waals surface area contributed by atoms with Gasteiger partial charge in [0.25, 0.3) is 0 Å². The molecule has 5 N–H and O–H groups in total. The van der Waals surface area contributed by atoms with Crippen LogP contribution in [-0.2, 0) is 9.53 Å². The van der Waals surface area contributed by atoms with Crippen LogP contribution in [0.15, 0.2) is 0 Å². The minimum Gasteiger partial charge on any atom is -0.385 e. The lowest BCUT2D eigenvalue weighted by Gasteiger charge is -2.33. The summed E-state index contributed by atoms with van der Waals surface area (Å²) < 4.78 is 5.09. The Kier molecular flexibility index (Phi) is 11.0. The standard InChI is InChI=1S/C14H28N4O3.ClH/c1-21-10-6-11-4-8-18(9-5-11)13(19)12(15)3-2-7-17-14(16)20;/h11-12H,2-10,15H2,1H3,(H3,16,17,20);1H/t12-;/m0./s1. The number of hydrogen-bond acceptors (Lipinski definition) is 4. The van der Waals surface area contributed by atoms with E-state index in [2.05, 4.69) is 5.32 Å². The van der Waals surface area contributed by atoms with Gasteiger partial charge in [-0.2, -0.15) is 0 Å². The number of nitrogens with two attached hydrogens (primary N) is 2. The van der Waals surface area contributed by atoms with Crippen LogP contribution < -0.4 is 16.8 Å². The molecule has 0 spiro atoms. The van der Waals surface area contributed by atoms with Gasteiger partial charge in [0.2, 0.25) is 5.91 Å². The first-order valence-corrected chi connectivity index (χ1v) is 7.61. The van der Waals surface area contributed by atoms with Crippen molar-refractivity contribution in [3.63, 3.8) is 0 Å². The number of primary amides is 1. The molecule has 0 radical (unpaired) electrons. The molecular formula is C14H29ClN4O3. The molecule has 130 valence electrons. The Morgan fingerprint density at radius 2 is 2.00 bits per heavy atom. The molecule has 7 nitrogen and oxygen atoms in total. The molecule has 0 aliphatic carbocycles. The summed E-state index contributed by atoms with van der Waals surface area (Å²) in [4.78, 5) is 24.6. The van der Waals surface area contributed by atoms with Crippen LogP contribution in [0.2, 0.25) is 0 Å². The molecule has 1 atom stereocenters. The number of hydrogen-bond donors (Lipinski definition) is 3. The van der Waals surface area contributed by atoms with Gasteiger partial charge in [-0.25, -0.2) is 4.79 Å². The van der Waals surface area contributed by atoms with Crippen molar-refractivity contribution in [1.29, 1.82) is 0 Å². The van der Waals surface area contributed by atoms with E-state index in [0.717, 1.165) is 39.0 Å². The fourth-order valence-corrected chi connectivity index (χ4v) is 2.62. The van der Waals surface area contributed by atoms with Crippen LogP contribution >= 0.6 is 12.4 Å². The van der Waals surface area contributed by atoms with Gasteiger partial charge in [0.15, 0.2) is 0 Å². The van der Waals surface area contributed by atoms with Crippen molar-refractivity contribution in [3.05, 3.63) is 0 Å². The molecule has 0 aromatic heterocycles. The fourth-order valence-electron chi connectivity index (χ4n) is 2.62. The third-order valence-electron chi connectivity index (χ3n) is 3.96. The fraction of sp³-hybridized carbons (Fsp3) is 0.857. The average Bonchev–Trinajstić information content (AvgIpc) is 2.49. The third kappa shape index (κ3) is 7.82. The summed E-state index contributed by atoms with van der Waals surface area (Å²) in [6.07, 6.45) is 4.31. The number of amides is 3. The highest BCUT2D eigenvalue weighted by Crippen LogP contribution is 2.21. The zero-order valence-corrected chi connectivity index (χ0v) is 14.1. The second-order valence-electron chi connectivity index (χ2n) is 5.59. The van der Waals surface area contributed by atoms with E-state index in [9.17, 15) is 9.59 Å². The van der Waals surface area contributed by atoms with E-state index in [1.165, 1.54) is 0 Å². The SMILES string of the molecule is COCCC1CCN(C(=O)[C@@H](N)CCCNC(N)=O)CC1.Cl. The molecule has 1 rings (SSSR count). The Labute approximate surface area is 138 Å². The number of likely N-dealkylation sites (tertiary alicyclic amines) is 1. The Morgan fingerprint density at radius 3 is 2.55 bits per heavy atom. The predicted molar refractivity (Wildman–Crippen MR) is 87.8 cm³/mol. The van der Waals surface area contributed by atoms with Gasteiger partial charge in [-0.3, -0.25) is 4.79 Å². The first-order chi connectivity index (χ1) is 10.0. The van der Waals surface area contributed by atoms with E-state index in [1.54, 1.807) is 7.11 Å². The Bertz CT molecular complexity index is 336. The second kappa shape index (κ2) is 11.5. The van der Waals surface area contributed by atoms with Crippen LogP contribution in [0.3, 0.4) is 0 Å². The summed E-state index contributed by atoms with van der Waals surface area (Å²) in [6.45, 7) is 2.79. The number of carbonyl (C=O) groups is 2. The first kappa shape index (κ1) is 20.9. The van der Waals surface area contributed by atoms with Crippen LogP contribution in [0, 0.1) is 5.92 Å². The first-order valence-electron chi connectivity index (χ1n) is 7.61. The van der Waals surface area contributed by atoms with Crippen LogP contribution in [0.1, 0.15) is 32.1 Å². The van der Waals surface area contributed by atoms with Crippen molar-refractivity contribution >= 4 is 24.3 Å². The maximum absolute atomic E-state index is 12.2. The van der Waals surface area contributed by atoms with Gasteiger partial charge in [-0.05, 0) is 38.0 Å². The van der Waals surface area contributed by atoms with E-state index in [-0.39, 0.29) is 18.3 Å². The van der Waals surface area contributed by atoms with E-state index in [4.69, 9.17) is 16.2 Å². The van der Waals surface area contributed by atoms with Crippen molar-refractivity contribution < 1.29 is 14.3 Å². The number of nitrogens with zero attached hydrogens (tertiary/aromatic N) is 1. The van der Waals surface area contributed by atoms with Gasteiger partial charge in [0.1, 0.15) is 0 Å². The molecule has 0 aromatic rings. The van der Waals surface area contributed by atoms with Gasteiger partial charge >= 0.3 is 6.03 Å². The van der Waals surface area contributed by atoms with Gasteiger partial charge < -0.3 is 26.4 Å². The molecule has 8 heteroatoms. The number of ether oxygens (including phenoxy) is 1. The van der Waals surface area contributed by atoms with Crippen molar-refractivity contribution in [2.45, 2.75) is 38.1 Å². The minimum atomic E-state index is -0.548. The van der Waals surface area contributed by atoms with E-state index in [1.807, 2.05) is 4.90 Å². The summed E-state index contributed by atoms with van der Waals surface area (Å²) >= 11 is 0. The smallest absolute Gasteiger partial charge is 0.312 e. The highest BCUT2D eigenvalue weighted by atomic mass is 35.5. The lowest BCUT2D eigenvalue weighted by atomic mass is 9.93. The molecule has 1 fully saturated rings. The van der Waals surface area contributed by atoms with Crippen LogP contribution in [-0.4, -0.2) is 56.2 Å². The zero-order valence-electron chi connectivity index (χ0n) is 13.3. The minimum absolute atomic E-state index is 0. The molecule has 1 saturated heterocycles. The van der Waals surface area contributed by atoms with E-state index in [0.29, 0.717) is 25.3 Å². The van der Waals surface area contributed by atoms with Gasteiger partial charge in [-0.1, -0.05) is 0 Å². The number of halogens is 1. The Hall–Kier alpha value is -1.05. The zero-order chi connectivity index (χ0) is 15.7. The van der Waals surface area contributed by atoms with Crippen molar-refractivity contribution in [1.82, 2.24) is 10.2 Å². The summed E-state index contributed by atoms with van der Waals surface area (Å²) in [7, 11) is 1.71. The summed E-state index contributed by atoms with van der Waals surface area (Å²) in [5, 5.41) is 2.49. The largest absolute Gasteiger partial charge is 0.385 e. The van der Waals surface area contributed by atoms with Gasteiger partial charge in [0.05, 0.1) is 6.04 Å². The van der Waals surface area contributed by atoms with Gasteiger partial charge in [-0.15, -0.1) is 12.4 Å². The molecule has 1 aliphatic rings. The molecule has 1 heterocycles. The molecule has 3 amide bonds. The number of nitrogens with one attached hydrogen (secondary N) is 1.